The normalized spacial score (nSPS) is 12.6. The minimum absolute atomic E-state index is 0.181. The summed E-state index contributed by atoms with van der Waals surface area (Å²) in [5.41, 5.74) is 1.27. The fourth-order valence-electron chi connectivity index (χ4n) is 2.87. The first kappa shape index (κ1) is 20.9. The van der Waals surface area contributed by atoms with Crippen LogP contribution in [0.25, 0.3) is 0 Å². The van der Waals surface area contributed by atoms with Crippen molar-refractivity contribution in [3.05, 3.63) is 59.7 Å². The highest BCUT2D eigenvalue weighted by molar-refractivity contribution is 7.89. The van der Waals surface area contributed by atoms with Crippen molar-refractivity contribution in [3.63, 3.8) is 0 Å². The Kier molecular flexibility index (Phi) is 6.98. The van der Waals surface area contributed by atoms with Crippen LogP contribution < -0.4 is 10.1 Å². The first-order chi connectivity index (χ1) is 12.8. The zero-order chi connectivity index (χ0) is 20.0. The molecule has 0 aliphatic heterocycles. The van der Waals surface area contributed by atoms with Gasteiger partial charge in [0.25, 0.3) is 5.91 Å². The third-order valence-corrected chi connectivity index (χ3v) is 6.48. The van der Waals surface area contributed by atoms with E-state index in [0.29, 0.717) is 24.4 Å². The number of hydrogen-bond acceptors (Lipinski definition) is 4. The van der Waals surface area contributed by atoms with Gasteiger partial charge in [-0.1, -0.05) is 32.0 Å². The molecule has 0 radical (unpaired) electrons. The number of methoxy groups -OCH3 is 1. The van der Waals surface area contributed by atoms with Crippen LogP contribution in [0.4, 0.5) is 0 Å². The molecule has 6 nitrogen and oxygen atoms in total. The third kappa shape index (κ3) is 4.67. The third-order valence-electron chi connectivity index (χ3n) is 4.41. The van der Waals surface area contributed by atoms with E-state index in [0.717, 1.165) is 5.56 Å². The largest absolute Gasteiger partial charge is 0.496 e. The van der Waals surface area contributed by atoms with Crippen molar-refractivity contribution in [1.82, 2.24) is 9.62 Å². The van der Waals surface area contributed by atoms with Gasteiger partial charge in [-0.3, -0.25) is 4.79 Å². The van der Waals surface area contributed by atoms with Crippen LogP contribution in [0.2, 0.25) is 0 Å². The summed E-state index contributed by atoms with van der Waals surface area (Å²) in [6, 6.07) is 13.2. The highest BCUT2D eigenvalue weighted by atomic mass is 32.2. The molecule has 1 N–H and O–H groups in total. The van der Waals surface area contributed by atoms with Gasteiger partial charge < -0.3 is 10.1 Å². The second kappa shape index (κ2) is 9.01. The zero-order valence-electron chi connectivity index (χ0n) is 16.1. The van der Waals surface area contributed by atoms with Gasteiger partial charge in [-0.05, 0) is 37.3 Å². The first-order valence-corrected chi connectivity index (χ1v) is 10.3. The number of nitrogens with zero attached hydrogens (tertiary/aromatic N) is 1. The Bertz CT molecular complexity index is 875. The number of sulfonamides is 1. The van der Waals surface area contributed by atoms with E-state index in [1.54, 1.807) is 21.0 Å². The average molecular weight is 391 g/mol. The summed E-state index contributed by atoms with van der Waals surface area (Å²) < 4.78 is 31.7. The molecule has 0 aromatic heterocycles. The lowest BCUT2D eigenvalue weighted by molar-refractivity contribution is 0.0939. The molecule has 2 aromatic carbocycles. The molecular weight excluding hydrogens is 364 g/mol. The average Bonchev–Trinajstić information content (AvgIpc) is 2.68. The van der Waals surface area contributed by atoms with E-state index in [1.807, 2.05) is 31.2 Å². The minimum atomic E-state index is -3.53. The lowest BCUT2D eigenvalue weighted by Gasteiger charge is -2.19. The highest BCUT2D eigenvalue weighted by Gasteiger charge is 2.22. The van der Waals surface area contributed by atoms with E-state index in [4.69, 9.17) is 4.74 Å². The fourth-order valence-corrected chi connectivity index (χ4v) is 4.33. The number of amides is 1. The van der Waals surface area contributed by atoms with Crippen LogP contribution in [0.3, 0.4) is 0 Å². The second-order valence-electron chi connectivity index (χ2n) is 6.05. The SMILES string of the molecule is CCN(CC)S(=O)(=O)c1ccc(C(=O)NC(C)c2ccccc2OC)cc1. The Balaban J connectivity index is 2.16. The monoisotopic (exact) mass is 390 g/mol. The number of carbonyl (C=O) groups is 1. The molecule has 0 saturated heterocycles. The lowest BCUT2D eigenvalue weighted by Crippen LogP contribution is -2.30. The number of benzene rings is 2. The van der Waals surface area contributed by atoms with Gasteiger partial charge in [0.2, 0.25) is 10.0 Å². The van der Waals surface area contributed by atoms with Crippen LogP contribution in [0.15, 0.2) is 53.4 Å². The summed E-state index contributed by atoms with van der Waals surface area (Å²) in [6.07, 6.45) is 0. The van der Waals surface area contributed by atoms with E-state index in [9.17, 15) is 13.2 Å². The van der Waals surface area contributed by atoms with Crippen LogP contribution in [0, 0.1) is 0 Å². The van der Waals surface area contributed by atoms with E-state index < -0.39 is 10.0 Å². The molecule has 1 unspecified atom stereocenters. The summed E-state index contributed by atoms with van der Waals surface area (Å²) in [4.78, 5) is 12.7. The Morgan fingerprint density at radius 2 is 1.67 bits per heavy atom. The number of ether oxygens (including phenoxy) is 1. The number of hydrogen-bond donors (Lipinski definition) is 1. The standard InChI is InChI=1S/C20H26N2O4S/c1-5-22(6-2)27(24,25)17-13-11-16(12-14-17)20(23)21-15(3)18-9-7-8-10-19(18)26-4/h7-15H,5-6H2,1-4H3,(H,21,23). The summed E-state index contributed by atoms with van der Waals surface area (Å²) in [6.45, 7) is 6.26. The summed E-state index contributed by atoms with van der Waals surface area (Å²) in [5, 5.41) is 2.91. The van der Waals surface area contributed by atoms with Crippen LogP contribution in [-0.2, 0) is 10.0 Å². The second-order valence-corrected chi connectivity index (χ2v) is 7.99. The smallest absolute Gasteiger partial charge is 0.251 e. The quantitative estimate of drug-likeness (QED) is 0.751. The molecule has 0 bridgehead atoms. The van der Waals surface area contributed by atoms with Gasteiger partial charge in [0, 0.05) is 24.2 Å². The van der Waals surface area contributed by atoms with Crippen LogP contribution >= 0.6 is 0 Å². The Hall–Kier alpha value is -2.38. The molecule has 1 amide bonds. The van der Waals surface area contributed by atoms with E-state index in [1.165, 1.54) is 28.6 Å². The molecule has 27 heavy (non-hydrogen) atoms. The molecule has 0 heterocycles. The molecule has 0 saturated carbocycles. The molecule has 2 rings (SSSR count). The van der Waals surface area contributed by atoms with Crippen molar-refractivity contribution in [3.8, 4) is 5.75 Å². The molecule has 146 valence electrons. The van der Waals surface area contributed by atoms with Crippen LogP contribution in [0.5, 0.6) is 5.75 Å². The zero-order valence-corrected chi connectivity index (χ0v) is 16.9. The van der Waals surface area contributed by atoms with Crippen LogP contribution in [0.1, 0.15) is 42.7 Å². The van der Waals surface area contributed by atoms with E-state index >= 15 is 0 Å². The number of para-hydroxylation sites is 1. The number of nitrogens with one attached hydrogen (secondary N) is 1. The summed E-state index contributed by atoms with van der Waals surface area (Å²) in [7, 11) is -1.95. The lowest BCUT2D eigenvalue weighted by atomic mass is 10.1. The van der Waals surface area contributed by atoms with Gasteiger partial charge in [-0.25, -0.2) is 8.42 Å². The number of rotatable bonds is 8. The first-order valence-electron chi connectivity index (χ1n) is 8.89. The molecule has 0 fully saturated rings. The van der Waals surface area contributed by atoms with E-state index in [-0.39, 0.29) is 16.8 Å². The Labute approximate surface area is 161 Å². The number of carbonyl (C=O) groups excluding carboxylic acids is 1. The minimum Gasteiger partial charge on any atom is -0.496 e. The van der Waals surface area contributed by atoms with Crippen molar-refractivity contribution >= 4 is 15.9 Å². The molecule has 2 aromatic rings. The van der Waals surface area contributed by atoms with E-state index in [2.05, 4.69) is 5.32 Å². The van der Waals surface area contributed by atoms with Crippen molar-refractivity contribution in [2.24, 2.45) is 0 Å². The van der Waals surface area contributed by atoms with Gasteiger partial charge in [0.1, 0.15) is 5.75 Å². The van der Waals surface area contributed by atoms with Crippen molar-refractivity contribution in [2.45, 2.75) is 31.7 Å². The van der Waals surface area contributed by atoms with Crippen LogP contribution in [-0.4, -0.2) is 38.8 Å². The molecule has 0 spiro atoms. The molecule has 7 heteroatoms. The predicted octanol–water partition coefficient (Wildman–Crippen LogP) is 3.22. The molecule has 0 aliphatic rings. The van der Waals surface area contributed by atoms with Crippen molar-refractivity contribution in [1.29, 1.82) is 0 Å². The predicted molar refractivity (Wildman–Crippen MR) is 105 cm³/mol. The Morgan fingerprint density at radius 1 is 1.07 bits per heavy atom. The topological polar surface area (TPSA) is 75.7 Å². The summed E-state index contributed by atoms with van der Waals surface area (Å²) >= 11 is 0. The van der Waals surface area contributed by atoms with Gasteiger partial charge in [0.15, 0.2) is 0 Å². The van der Waals surface area contributed by atoms with Gasteiger partial charge in [-0.2, -0.15) is 4.31 Å². The van der Waals surface area contributed by atoms with Gasteiger partial charge in [-0.15, -0.1) is 0 Å². The maximum Gasteiger partial charge on any atom is 0.251 e. The van der Waals surface area contributed by atoms with Gasteiger partial charge >= 0.3 is 0 Å². The fraction of sp³-hybridized carbons (Fsp3) is 0.350. The Morgan fingerprint density at radius 3 is 2.22 bits per heavy atom. The highest BCUT2D eigenvalue weighted by Crippen LogP contribution is 2.24. The molecular formula is C20H26N2O4S. The van der Waals surface area contributed by atoms with Crippen molar-refractivity contribution in [2.75, 3.05) is 20.2 Å². The molecule has 1 atom stereocenters. The molecule has 0 aliphatic carbocycles. The maximum absolute atomic E-state index is 12.5. The van der Waals surface area contributed by atoms with Crippen molar-refractivity contribution < 1.29 is 17.9 Å². The summed E-state index contributed by atoms with van der Waals surface area (Å²) in [5.74, 6) is 0.422. The van der Waals surface area contributed by atoms with Gasteiger partial charge in [0.05, 0.1) is 18.0 Å². The maximum atomic E-state index is 12.5.